The predicted molar refractivity (Wildman–Crippen MR) is 141 cm³/mol. The first-order chi connectivity index (χ1) is 15.9. The molecule has 0 aliphatic carbocycles. The van der Waals surface area contributed by atoms with Crippen LogP contribution in [0.25, 0.3) is 62.7 Å². The average Bonchev–Trinajstić information content (AvgIpc) is 3.42. The van der Waals surface area contributed by atoms with E-state index in [1.165, 1.54) is 57.0 Å². The molecule has 0 aliphatic heterocycles. The Balaban J connectivity index is 1.45. The lowest BCUT2D eigenvalue weighted by Gasteiger charge is -2.07. The highest BCUT2D eigenvalue weighted by Crippen LogP contribution is 2.42. The van der Waals surface area contributed by atoms with Crippen LogP contribution in [-0.2, 0) is 0 Å². The molecular weight excluding hydrogens is 426 g/mol. The standard InChI is InChI=1S/C29H17NS2/c1-3-13-26-20(7-1)22-10-5-9-19(28(22)31-26)18-15-16-30-25(17-18)24-12-6-11-23-21-8-2-4-14-27(21)32-29(23)24/h1-17H. The first-order valence-electron chi connectivity index (χ1n) is 10.6. The lowest BCUT2D eigenvalue weighted by atomic mass is 10.0. The SMILES string of the molecule is c1ccc2c(c1)sc1c(-c3ccnc(-c4cccc5c4sc4ccccc45)c3)cccc12. The van der Waals surface area contributed by atoms with Crippen molar-refractivity contribution in [3.63, 3.8) is 0 Å². The molecule has 7 rings (SSSR count). The van der Waals surface area contributed by atoms with E-state index < -0.39 is 0 Å². The summed E-state index contributed by atoms with van der Waals surface area (Å²) in [4.78, 5) is 4.79. The Morgan fingerprint density at radius 2 is 1.06 bits per heavy atom. The molecule has 0 bridgehead atoms. The zero-order chi connectivity index (χ0) is 21.1. The van der Waals surface area contributed by atoms with Gasteiger partial charge in [0.2, 0.25) is 0 Å². The summed E-state index contributed by atoms with van der Waals surface area (Å²) in [5, 5.41) is 5.29. The number of hydrogen-bond donors (Lipinski definition) is 0. The van der Waals surface area contributed by atoms with Crippen LogP contribution >= 0.6 is 22.7 Å². The van der Waals surface area contributed by atoms with Gasteiger partial charge in [0.25, 0.3) is 0 Å². The minimum Gasteiger partial charge on any atom is -0.256 e. The first-order valence-corrected chi connectivity index (χ1v) is 12.3. The normalized spacial score (nSPS) is 11.8. The van der Waals surface area contributed by atoms with Crippen LogP contribution in [0.1, 0.15) is 0 Å². The van der Waals surface area contributed by atoms with Gasteiger partial charge in [-0.05, 0) is 35.4 Å². The third-order valence-corrected chi connectivity index (χ3v) is 8.60. The molecule has 4 aromatic carbocycles. The average molecular weight is 444 g/mol. The topological polar surface area (TPSA) is 12.9 Å². The molecule has 3 aromatic heterocycles. The van der Waals surface area contributed by atoms with Crippen molar-refractivity contribution in [1.29, 1.82) is 0 Å². The number of rotatable bonds is 2. The number of benzene rings is 4. The summed E-state index contributed by atoms with van der Waals surface area (Å²) in [5.74, 6) is 0. The molecule has 0 aliphatic rings. The minimum atomic E-state index is 1.03. The van der Waals surface area contributed by atoms with Crippen LogP contribution in [0.2, 0.25) is 0 Å². The van der Waals surface area contributed by atoms with Gasteiger partial charge in [0, 0.05) is 52.1 Å². The van der Waals surface area contributed by atoms with Gasteiger partial charge in [0.1, 0.15) is 0 Å². The Labute approximate surface area is 193 Å². The number of pyridine rings is 1. The quantitative estimate of drug-likeness (QED) is 0.259. The number of fused-ring (bicyclic) bond motifs is 6. The minimum absolute atomic E-state index is 1.03. The Morgan fingerprint density at radius 3 is 1.75 bits per heavy atom. The summed E-state index contributed by atoms with van der Waals surface area (Å²) in [6.45, 7) is 0. The molecule has 0 N–H and O–H groups in total. The molecule has 0 atom stereocenters. The van der Waals surface area contributed by atoms with Crippen LogP contribution in [-0.4, -0.2) is 4.98 Å². The van der Waals surface area contributed by atoms with Crippen LogP contribution < -0.4 is 0 Å². The van der Waals surface area contributed by atoms with Crippen LogP contribution in [0.3, 0.4) is 0 Å². The van der Waals surface area contributed by atoms with E-state index in [-0.39, 0.29) is 0 Å². The smallest absolute Gasteiger partial charge is 0.0722 e. The molecule has 3 heterocycles. The zero-order valence-corrected chi connectivity index (χ0v) is 18.7. The largest absolute Gasteiger partial charge is 0.256 e. The molecule has 0 saturated heterocycles. The van der Waals surface area contributed by atoms with Gasteiger partial charge in [-0.25, -0.2) is 0 Å². The van der Waals surface area contributed by atoms with Gasteiger partial charge < -0.3 is 0 Å². The fourth-order valence-electron chi connectivity index (χ4n) is 4.67. The van der Waals surface area contributed by atoms with Gasteiger partial charge in [-0.3, -0.25) is 4.98 Å². The number of aromatic nitrogens is 1. The fourth-order valence-corrected chi connectivity index (χ4v) is 7.13. The number of thiophene rings is 2. The van der Waals surface area contributed by atoms with E-state index in [0.717, 1.165) is 5.69 Å². The van der Waals surface area contributed by atoms with Crippen LogP contribution in [0.4, 0.5) is 0 Å². The second kappa shape index (κ2) is 6.99. The van der Waals surface area contributed by atoms with Gasteiger partial charge >= 0.3 is 0 Å². The summed E-state index contributed by atoms with van der Waals surface area (Å²) in [5.41, 5.74) is 4.72. The molecule has 0 radical (unpaired) electrons. The van der Waals surface area contributed by atoms with Crippen molar-refractivity contribution in [2.24, 2.45) is 0 Å². The summed E-state index contributed by atoms with van der Waals surface area (Å²) in [7, 11) is 0. The molecule has 32 heavy (non-hydrogen) atoms. The van der Waals surface area contributed by atoms with E-state index in [2.05, 4.69) is 97.1 Å². The second-order valence-electron chi connectivity index (χ2n) is 7.99. The molecule has 0 saturated carbocycles. The Morgan fingerprint density at radius 1 is 0.500 bits per heavy atom. The van der Waals surface area contributed by atoms with Crippen molar-refractivity contribution < 1.29 is 0 Å². The van der Waals surface area contributed by atoms with Crippen LogP contribution in [0, 0.1) is 0 Å². The Hall–Kier alpha value is -3.53. The van der Waals surface area contributed by atoms with Crippen molar-refractivity contribution in [2.45, 2.75) is 0 Å². The number of nitrogens with zero attached hydrogens (tertiary/aromatic N) is 1. The molecule has 1 nitrogen and oxygen atoms in total. The molecule has 3 heteroatoms. The van der Waals surface area contributed by atoms with Crippen LogP contribution in [0.5, 0.6) is 0 Å². The van der Waals surface area contributed by atoms with E-state index in [4.69, 9.17) is 4.98 Å². The predicted octanol–water partition coefficient (Wildman–Crippen LogP) is 9.15. The van der Waals surface area contributed by atoms with Gasteiger partial charge in [-0.2, -0.15) is 0 Å². The molecular formula is C29H17NS2. The summed E-state index contributed by atoms with van der Waals surface area (Å²) >= 11 is 3.72. The van der Waals surface area contributed by atoms with Crippen molar-refractivity contribution >= 4 is 63.0 Å². The van der Waals surface area contributed by atoms with Crippen molar-refractivity contribution in [2.75, 3.05) is 0 Å². The molecule has 0 fully saturated rings. The maximum Gasteiger partial charge on any atom is 0.0722 e. The summed E-state index contributed by atoms with van der Waals surface area (Å²) < 4.78 is 5.30. The van der Waals surface area contributed by atoms with E-state index in [1.54, 1.807) is 0 Å². The van der Waals surface area contributed by atoms with E-state index in [0.29, 0.717) is 0 Å². The van der Waals surface area contributed by atoms with Gasteiger partial charge in [-0.1, -0.05) is 72.8 Å². The molecule has 0 spiro atoms. The Kier molecular flexibility index (Phi) is 3.95. The maximum atomic E-state index is 4.79. The third kappa shape index (κ3) is 2.65. The van der Waals surface area contributed by atoms with Crippen molar-refractivity contribution in [3.8, 4) is 22.4 Å². The van der Waals surface area contributed by atoms with Crippen molar-refractivity contribution in [1.82, 2.24) is 4.98 Å². The van der Waals surface area contributed by atoms with E-state index in [9.17, 15) is 0 Å². The fraction of sp³-hybridized carbons (Fsp3) is 0. The maximum absolute atomic E-state index is 4.79. The lowest BCUT2D eigenvalue weighted by Crippen LogP contribution is -1.86. The third-order valence-electron chi connectivity index (χ3n) is 6.16. The highest BCUT2D eigenvalue weighted by Gasteiger charge is 2.14. The van der Waals surface area contributed by atoms with Gasteiger partial charge in [0.15, 0.2) is 0 Å². The van der Waals surface area contributed by atoms with Gasteiger partial charge in [-0.15, -0.1) is 22.7 Å². The van der Waals surface area contributed by atoms with Gasteiger partial charge in [0.05, 0.1) is 5.69 Å². The molecule has 150 valence electrons. The Bertz CT molecular complexity index is 1660. The molecule has 0 unspecified atom stereocenters. The highest BCUT2D eigenvalue weighted by molar-refractivity contribution is 7.26. The van der Waals surface area contributed by atoms with E-state index in [1.807, 2.05) is 28.9 Å². The number of hydrogen-bond acceptors (Lipinski definition) is 3. The zero-order valence-electron chi connectivity index (χ0n) is 17.1. The second-order valence-corrected chi connectivity index (χ2v) is 10.1. The highest BCUT2D eigenvalue weighted by atomic mass is 32.1. The summed E-state index contributed by atoms with van der Waals surface area (Å²) in [6, 6.07) is 34.9. The van der Waals surface area contributed by atoms with Crippen LogP contribution in [0.15, 0.2) is 103 Å². The lowest BCUT2D eigenvalue weighted by molar-refractivity contribution is 1.34. The van der Waals surface area contributed by atoms with Crippen molar-refractivity contribution in [3.05, 3.63) is 103 Å². The summed E-state index contributed by atoms with van der Waals surface area (Å²) in [6.07, 6.45) is 1.95. The molecule has 0 amide bonds. The molecule has 7 aromatic rings. The van der Waals surface area contributed by atoms with E-state index >= 15 is 0 Å². The first kappa shape index (κ1) is 18.1. The monoisotopic (exact) mass is 443 g/mol.